The second-order valence-electron chi connectivity index (χ2n) is 4.17. The van der Waals surface area contributed by atoms with Crippen LogP contribution in [0.15, 0.2) is 33.8 Å². The molecule has 0 bridgehead atoms. The van der Waals surface area contributed by atoms with Gasteiger partial charge in [0.15, 0.2) is 5.16 Å². The Kier molecular flexibility index (Phi) is 3.25. The lowest BCUT2D eigenvalue weighted by Crippen LogP contribution is -1.91. The minimum Gasteiger partial charge on any atom is -0.424 e. The highest BCUT2D eigenvalue weighted by molar-refractivity contribution is 7.98. The van der Waals surface area contributed by atoms with Crippen molar-refractivity contribution < 1.29 is 4.42 Å². The fourth-order valence-corrected chi connectivity index (χ4v) is 2.69. The summed E-state index contributed by atoms with van der Waals surface area (Å²) < 4.78 is 7.57. The van der Waals surface area contributed by atoms with E-state index in [1.807, 2.05) is 32.2 Å². The fraction of sp³-hybridized carbons (Fsp3) is 0.308. The van der Waals surface area contributed by atoms with Crippen LogP contribution in [0, 0.1) is 0 Å². The second-order valence-corrected chi connectivity index (χ2v) is 5.12. The Bertz CT molecular complexity index is 704. The van der Waals surface area contributed by atoms with Crippen molar-refractivity contribution >= 4 is 22.8 Å². The summed E-state index contributed by atoms with van der Waals surface area (Å²) >= 11 is 1.61. The van der Waals surface area contributed by atoms with Gasteiger partial charge in [0, 0.05) is 13.5 Å². The van der Waals surface area contributed by atoms with Gasteiger partial charge in [-0.2, -0.15) is 0 Å². The quantitative estimate of drug-likeness (QED) is 0.685. The van der Waals surface area contributed by atoms with E-state index in [2.05, 4.69) is 25.8 Å². The maximum atomic E-state index is 5.49. The molecule has 0 aliphatic carbocycles. The van der Waals surface area contributed by atoms with Crippen LogP contribution in [-0.4, -0.2) is 19.7 Å². The Labute approximate surface area is 115 Å². The smallest absolute Gasteiger partial charge is 0.226 e. The molecule has 3 aromatic rings. The number of nitrogens with zero attached hydrogens (tertiary/aromatic N) is 4. The first-order chi connectivity index (χ1) is 9.28. The van der Waals surface area contributed by atoms with Crippen LogP contribution < -0.4 is 0 Å². The maximum Gasteiger partial charge on any atom is 0.226 e. The van der Waals surface area contributed by atoms with Gasteiger partial charge in [-0.15, -0.1) is 10.2 Å². The van der Waals surface area contributed by atoms with Crippen LogP contribution >= 0.6 is 11.8 Å². The van der Waals surface area contributed by atoms with Crippen LogP contribution in [0.4, 0.5) is 0 Å². The maximum absolute atomic E-state index is 5.49. The molecule has 1 aromatic carbocycles. The van der Waals surface area contributed by atoms with Crippen molar-refractivity contribution in [2.75, 3.05) is 0 Å². The number of aryl methyl sites for hydroxylation is 2. The predicted molar refractivity (Wildman–Crippen MR) is 74.0 cm³/mol. The highest BCUT2D eigenvalue weighted by atomic mass is 32.2. The molecule has 0 amide bonds. The van der Waals surface area contributed by atoms with E-state index in [0.717, 1.165) is 22.6 Å². The second kappa shape index (κ2) is 5.05. The van der Waals surface area contributed by atoms with Gasteiger partial charge in [0.2, 0.25) is 11.8 Å². The molecule has 3 rings (SSSR count). The van der Waals surface area contributed by atoms with E-state index in [1.54, 1.807) is 11.8 Å². The van der Waals surface area contributed by atoms with Crippen molar-refractivity contribution in [3.8, 4) is 0 Å². The average molecular weight is 274 g/mol. The Morgan fingerprint density at radius 3 is 2.74 bits per heavy atom. The van der Waals surface area contributed by atoms with Gasteiger partial charge in [0.05, 0.1) is 16.8 Å². The normalized spacial score (nSPS) is 11.3. The lowest BCUT2D eigenvalue weighted by atomic mass is 10.3. The fourth-order valence-electron chi connectivity index (χ4n) is 1.87. The van der Waals surface area contributed by atoms with Crippen LogP contribution in [0.1, 0.15) is 18.7 Å². The monoisotopic (exact) mass is 274 g/mol. The summed E-state index contributed by atoms with van der Waals surface area (Å²) in [5.41, 5.74) is 2.14. The number of rotatable bonds is 4. The molecule has 0 saturated carbocycles. The topological polar surface area (TPSA) is 56.7 Å². The van der Waals surface area contributed by atoms with Gasteiger partial charge in [-0.25, -0.2) is 4.98 Å². The molecule has 19 heavy (non-hydrogen) atoms. The third-order valence-electron chi connectivity index (χ3n) is 2.88. The van der Waals surface area contributed by atoms with Gasteiger partial charge in [0.25, 0.3) is 0 Å². The molecule has 0 atom stereocenters. The van der Waals surface area contributed by atoms with E-state index in [9.17, 15) is 0 Å². The van der Waals surface area contributed by atoms with E-state index in [1.165, 1.54) is 0 Å². The van der Waals surface area contributed by atoms with Gasteiger partial charge in [-0.3, -0.25) is 0 Å². The van der Waals surface area contributed by atoms with Crippen molar-refractivity contribution in [2.24, 2.45) is 7.05 Å². The molecule has 0 aliphatic rings. The average Bonchev–Trinajstić information content (AvgIpc) is 3.02. The van der Waals surface area contributed by atoms with Crippen molar-refractivity contribution in [1.29, 1.82) is 0 Å². The van der Waals surface area contributed by atoms with E-state index in [4.69, 9.17) is 4.42 Å². The molecule has 98 valence electrons. The Hall–Kier alpha value is -1.82. The molecule has 0 radical (unpaired) electrons. The van der Waals surface area contributed by atoms with Gasteiger partial charge in [-0.1, -0.05) is 30.8 Å². The van der Waals surface area contributed by atoms with E-state index >= 15 is 0 Å². The molecule has 0 N–H and O–H groups in total. The minimum absolute atomic E-state index is 0.643. The molecule has 0 saturated heterocycles. The summed E-state index contributed by atoms with van der Waals surface area (Å²) in [4.78, 5) is 4.59. The number of imidazole rings is 1. The minimum atomic E-state index is 0.643. The predicted octanol–water partition coefficient (Wildman–Crippen LogP) is 2.81. The Morgan fingerprint density at radius 1 is 1.21 bits per heavy atom. The van der Waals surface area contributed by atoms with Crippen molar-refractivity contribution in [3.63, 3.8) is 0 Å². The summed E-state index contributed by atoms with van der Waals surface area (Å²) in [5, 5.41) is 8.92. The van der Waals surface area contributed by atoms with Crippen LogP contribution in [0.2, 0.25) is 0 Å². The highest BCUT2D eigenvalue weighted by Gasteiger charge is 2.10. The third-order valence-corrected chi connectivity index (χ3v) is 3.90. The number of benzene rings is 1. The highest BCUT2D eigenvalue weighted by Crippen LogP contribution is 2.25. The van der Waals surface area contributed by atoms with E-state index < -0.39 is 0 Å². The molecular weight excluding hydrogens is 260 g/mol. The summed E-state index contributed by atoms with van der Waals surface area (Å²) in [6.07, 6.45) is 0.768. The van der Waals surface area contributed by atoms with Crippen molar-refractivity contribution in [1.82, 2.24) is 19.7 Å². The van der Waals surface area contributed by atoms with Crippen LogP contribution in [-0.2, 0) is 19.2 Å². The number of hydrogen-bond acceptors (Lipinski definition) is 5. The summed E-state index contributed by atoms with van der Waals surface area (Å²) in [5.74, 6) is 1.97. The van der Waals surface area contributed by atoms with Crippen molar-refractivity contribution in [3.05, 3.63) is 36.0 Å². The zero-order valence-electron chi connectivity index (χ0n) is 10.8. The molecule has 0 unspecified atom stereocenters. The van der Waals surface area contributed by atoms with Gasteiger partial charge in [0.1, 0.15) is 0 Å². The van der Waals surface area contributed by atoms with E-state index in [0.29, 0.717) is 17.5 Å². The first kappa shape index (κ1) is 12.2. The molecule has 0 spiro atoms. The Morgan fingerprint density at radius 2 is 2.00 bits per heavy atom. The van der Waals surface area contributed by atoms with Gasteiger partial charge in [-0.05, 0) is 12.1 Å². The van der Waals surface area contributed by atoms with Gasteiger partial charge < -0.3 is 8.98 Å². The summed E-state index contributed by atoms with van der Waals surface area (Å²) in [6, 6.07) is 8.09. The number of fused-ring (bicyclic) bond motifs is 1. The first-order valence-electron chi connectivity index (χ1n) is 6.13. The number of hydrogen-bond donors (Lipinski definition) is 0. The van der Waals surface area contributed by atoms with Crippen molar-refractivity contribution in [2.45, 2.75) is 24.3 Å². The molecular formula is C13H14N4OS. The lowest BCUT2D eigenvalue weighted by Gasteiger charge is -1.99. The molecule has 0 fully saturated rings. The van der Waals surface area contributed by atoms with Crippen LogP contribution in [0.25, 0.3) is 11.0 Å². The number of para-hydroxylation sites is 2. The summed E-state index contributed by atoms with van der Waals surface area (Å²) in [6.45, 7) is 2.00. The lowest BCUT2D eigenvalue weighted by molar-refractivity contribution is 0.469. The van der Waals surface area contributed by atoms with Crippen LogP contribution in [0.5, 0.6) is 0 Å². The zero-order chi connectivity index (χ0) is 13.2. The number of aromatic nitrogens is 4. The molecule has 5 nitrogen and oxygen atoms in total. The Balaban J connectivity index is 1.79. The summed E-state index contributed by atoms with van der Waals surface area (Å²) in [7, 11) is 2.02. The molecule has 6 heteroatoms. The number of thioether (sulfide) groups is 1. The molecule has 2 aromatic heterocycles. The third kappa shape index (κ3) is 2.35. The SMILES string of the molecule is CCc1nnc(CSc2nc3ccccc3n2C)o1. The van der Waals surface area contributed by atoms with Crippen LogP contribution in [0.3, 0.4) is 0 Å². The first-order valence-corrected chi connectivity index (χ1v) is 7.12. The van der Waals surface area contributed by atoms with Gasteiger partial charge >= 0.3 is 0 Å². The standard InChI is InChI=1S/C13H14N4OS/c1-3-11-15-16-12(18-11)8-19-13-14-9-6-4-5-7-10(9)17(13)2/h4-7H,3,8H2,1-2H3. The molecule has 2 heterocycles. The zero-order valence-corrected chi connectivity index (χ0v) is 11.6. The molecule has 0 aliphatic heterocycles. The van der Waals surface area contributed by atoms with E-state index in [-0.39, 0.29) is 0 Å². The largest absolute Gasteiger partial charge is 0.424 e.